The van der Waals surface area contributed by atoms with E-state index in [1.807, 2.05) is 0 Å². The molecule has 0 aliphatic heterocycles. The summed E-state index contributed by atoms with van der Waals surface area (Å²) in [6, 6.07) is 6.74. The summed E-state index contributed by atoms with van der Waals surface area (Å²) in [5.74, 6) is 0. The number of fused-ring (bicyclic) bond motifs is 1. The molecule has 2 N–H and O–H groups in total. The molecule has 1 atom stereocenters. The number of nitrogens with two attached hydrogens (primary N) is 1. The van der Waals surface area contributed by atoms with Crippen molar-refractivity contribution in [3.05, 3.63) is 34.9 Å². The topological polar surface area (TPSA) is 26.0 Å². The molecular formula is C12H17N. The quantitative estimate of drug-likeness (QED) is 0.696. The third kappa shape index (κ3) is 1.37. The lowest BCUT2D eigenvalue weighted by atomic mass is 9.94. The first kappa shape index (κ1) is 8.76. The molecule has 0 aromatic heterocycles. The maximum absolute atomic E-state index is 6.21. The maximum atomic E-state index is 6.21. The Hall–Kier alpha value is -0.820. The van der Waals surface area contributed by atoms with Gasteiger partial charge in [0.25, 0.3) is 0 Å². The van der Waals surface area contributed by atoms with Gasteiger partial charge in [-0.3, -0.25) is 0 Å². The molecule has 0 fully saturated rings. The summed E-state index contributed by atoms with van der Waals surface area (Å²) in [6.07, 6.45) is 3.34. The van der Waals surface area contributed by atoms with E-state index in [1.54, 1.807) is 0 Å². The van der Waals surface area contributed by atoms with E-state index in [9.17, 15) is 0 Å². The third-order valence-electron chi connectivity index (χ3n) is 3.11. The van der Waals surface area contributed by atoms with E-state index < -0.39 is 0 Å². The van der Waals surface area contributed by atoms with Crippen LogP contribution < -0.4 is 5.73 Å². The van der Waals surface area contributed by atoms with Gasteiger partial charge >= 0.3 is 0 Å². The predicted octanol–water partition coefficient (Wildman–Crippen LogP) is 2.37. The van der Waals surface area contributed by atoms with Gasteiger partial charge in [-0.15, -0.1) is 0 Å². The summed E-state index contributed by atoms with van der Waals surface area (Å²) >= 11 is 0. The van der Waals surface area contributed by atoms with Crippen LogP contribution in [0, 0.1) is 0 Å². The molecule has 1 aliphatic carbocycles. The van der Waals surface area contributed by atoms with E-state index in [0.717, 1.165) is 19.3 Å². The van der Waals surface area contributed by atoms with Crippen LogP contribution in [-0.4, -0.2) is 0 Å². The van der Waals surface area contributed by atoms with Crippen molar-refractivity contribution in [3.8, 4) is 0 Å². The summed E-state index contributed by atoms with van der Waals surface area (Å²) in [7, 11) is 0. The largest absolute Gasteiger partial charge is 0.322 e. The highest BCUT2D eigenvalue weighted by Crippen LogP contribution is 2.34. The highest BCUT2D eigenvalue weighted by molar-refractivity contribution is 5.40. The minimum atomic E-state index is -0.0828. The fraction of sp³-hybridized carbons (Fsp3) is 0.500. The Morgan fingerprint density at radius 3 is 2.92 bits per heavy atom. The van der Waals surface area contributed by atoms with E-state index in [-0.39, 0.29) is 5.54 Å². The molecule has 13 heavy (non-hydrogen) atoms. The van der Waals surface area contributed by atoms with Gasteiger partial charge in [0.05, 0.1) is 0 Å². The highest BCUT2D eigenvalue weighted by atomic mass is 14.7. The summed E-state index contributed by atoms with van der Waals surface area (Å²) in [5, 5.41) is 0. The first-order valence-electron chi connectivity index (χ1n) is 5.04. The van der Waals surface area contributed by atoms with Crippen molar-refractivity contribution in [2.45, 2.75) is 38.6 Å². The Morgan fingerprint density at radius 2 is 2.23 bits per heavy atom. The molecule has 0 radical (unpaired) electrons. The molecule has 1 heteroatoms. The van der Waals surface area contributed by atoms with E-state index in [1.165, 1.54) is 16.7 Å². The maximum Gasteiger partial charge on any atom is 0.0387 e. The first-order valence-corrected chi connectivity index (χ1v) is 5.04. The smallest absolute Gasteiger partial charge is 0.0387 e. The molecule has 1 aromatic rings. The molecule has 0 heterocycles. The van der Waals surface area contributed by atoms with Gasteiger partial charge in [-0.05, 0) is 42.9 Å². The van der Waals surface area contributed by atoms with Gasteiger partial charge in [0.15, 0.2) is 0 Å². The van der Waals surface area contributed by atoms with Crippen molar-refractivity contribution in [1.82, 2.24) is 0 Å². The van der Waals surface area contributed by atoms with Crippen molar-refractivity contribution in [3.63, 3.8) is 0 Å². The Labute approximate surface area is 80.0 Å². The second kappa shape index (κ2) is 2.85. The van der Waals surface area contributed by atoms with Crippen molar-refractivity contribution < 1.29 is 0 Å². The van der Waals surface area contributed by atoms with Crippen LogP contribution in [0.2, 0.25) is 0 Å². The Kier molecular flexibility index (Phi) is 1.92. The van der Waals surface area contributed by atoms with Gasteiger partial charge in [0.1, 0.15) is 0 Å². The second-order valence-electron chi connectivity index (χ2n) is 4.26. The standard InChI is InChI=1S/C12H17N/c1-3-9-4-5-10-6-7-12(2,13)11(10)8-9/h4-5,8H,3,6-7,13H2,1-2H3. The number of aryl methyl sites for hydroxylation is 2. The van der Waals surface area contributed by atoms with E-state index in [0.29, 0.717) is 0 Å². The summed E-state index contributed by atoms with van der Waals surface area (Å²) < 4.78 is 0. The van der Waals surface area contributed by atoms with Crippen LogP contribution in [0.3, 0.4) is 0 Å². The van der Waals surface area contributed by atoms with E-state index in [2.05, 4.69) is 32.0 Å². The lowest BCUT2D eigenvalue weighted by Gasteiger charge is -2.19. The molecule has 0 amide bonds. The van der Waals surface area contributed by atoms with Gasteiger partial charge in [0.2, 0.25) is 0 Å². The molecule has 0 bridgehead atoms. The highest BCUT2D eigenvalue weighted by Gasteiger charge is 2.29. The van der Waals surface area contributed by atoms with Crippen molar-refractivity contribution in [2.75, 3.05) is 0 Å². The summed E-state index contributed by atoms with van der Waals surface area (Å²) in [5.41, 5.74) is 10.3. The summed E-state index contributed by atoms with van der Waals surface area (Å²) in [6.45, 7) is 4.32. The molecule has 1 aliphatic rings. The van der Waals surface area contributed by atoms with Gasteiger partial charge < -0.3 is 5.73 Å². The van der Waals surface area contributed by atoms with Gasteiger partial charge in [-0.25, -0.2) is 0 Å². The van der Waals surface area contributed by atoms with Gasteiger partial charge in [-0.1, -0.05) is 25.1 Å². The van der Waals surface area contributed by atoms with Crippen LogP contribution in [0.25, 0.3) is 0 Å². The van der Waals surface area contributed by atoms with Crippen LogP contribution in [0.5, 0.6) is 0 Å². The van der Waals surface area contributed by atoms with Crippen molar-refractivity contribution in [1.29, 1.82) is 0 Å². The molecule has 1 nitrogen and oxygen atoms in total. The fourth-order valence-electron chi connectivity index (χ4n) is 2.12. The fourth-order valence-corrected chi connectivity index (χ4v) is 2.12. The van der Waals surface area contributed by atoms with Crippen LogP contribution in [0.15, 0.2) is 18.2 Å². The molecular weight excluding hydrogens is 158 g/mol. The molecule has 2 rings (SSSR count). The first-order chi connectivity index (χ1) is 6.13. The molecule has 70 valence electrons. The molecule has 0 saturated heterocycles. The van der Waals surface area contributed by atoms with Gasteiger partial charge in [-0.2, -0.15) is 0 Å². The number of benzene rings is 1. The molecule has 1 unspecified atom stereocenters. The molecule has 1 aromatic carbocycles. The van der Waals surface area contributed by atoms with Crippen LogP contribution >= 0.6 is 0 Å². The van der Waals surface area contributed by atoms with Crippen molar-refractivity contribution >= 4 is 0 Å². The minimum absolute atomic E-state index is 0.0828. The van der Waals surface area contributed by atoms with Crippen LogP contribution in [-0.2, 0) is 18.4 Å². The Balaban J connectivity index is 2.50. The Morgan fingerprint density at radius 1 is 1.46 bits per heavy atom. The minimum Gasteiger partial charge on any atom is -0.322 e. The molecule has 0 saturated carbocycles. The average Bonchev–Trinajstić information content (AvgIpc) is 2.42. The number of hydrogen-bond donors (Lipinski definition) is 1. The zero-order valence-corrected chi connectivity index (χ0v) is 8.43. The second-order valence-corrected chi connectivity index (χ2v) is 4.26. The lowest BCUT2D eigenvalue weighted by Crippen LogP contribution is -2.29. The van der Waals surface area contributed by atoms with E-state index in [4.69, 9.17) is 5.73 Å². The number of hydrogen-bond acceptors (Lipinski definition) is 1. The van der Waals surface area contributed by atoms with Crippen LogP contribution in [0.4, 0.5) is 0 Å². The summed E-state index contributed by atoms with van der Waals surface area (Å²) in [4.78, 5) is 0. The third-order valence-corrected chi connectivity index (χ3v) is 3.11. The average molecular weight is 175 g/mol. The number of rotatable bonds is 1. The van der Waals surface area contributed by atoms with Gasteiger partial charge in [0, 0.05) is 5.54 Å². The van der Waals surface area contributed by atoms with Crippen molar-refractivity contribution in [2.24, 2.45) is 5.73 Å². The Bertz CT molecular complexity index is 326. The monoisotopic (exact) mass is 175 g/mol. The normalized spacial score (nSPS) is 26.1. The zero-order valence-electron chi connectivity index (χ0n) is 8.43. The SMILES string of the molecule is CCc1ccc2c(c1)C(C)(N)CC2. The van der Waals surface area contributed by atoms with E-state index >= 15 is 0 Å². The lowest BCUT2D eigenvalue weighted by molar-refractivity contribution is 0.491. The predicted molar refractivity (Wildman–Crippen MR) is 55.7 cm³/mol. The molecule has 0 spiro atoms. The van der Waals surface area contributed by atoms with Crippen LogP contribution in [0.1, 0.15) is 37.0 Å². The zero-order chi connectivity index (χ0) is 9.47.